The molecule has 0 radical (unpaired) electrons. The van der Waals surface area contributed by atoms with E-state index in [-0.39, 0.29) is 16.9 Å². The van der Waals surface area contributed by atoms with Gasteiger partial charge in [-0.25, -0.2) is 9.78 Å². The number of piperidine rings is 1. The van der Waals surface area contributed by atoms with Crippen molar-refractivity contribution in [2.45, 2.75) is 70.1 Å². The zero-order chi connectivity index (χ0) is 22.9. The molecule has 1 fully saturated rings. The zero-order valence-electron chi connectivity index (χ0n) is 20.2. The standard InChI is InChI=1S/C26H37N3O2S/c1-25(2)10-11-26(3,4)21-16-19(6-7-20(21)25)22-17-32-23(28-22)18-8-13-29(14-9-18)24(30)27-12-15-31-5/h6-7,16-18H,8-15H2,1-5H3,(H,27,30). The van der Waals surface area contributed by atoms with E-state index < -0.39 is 0 Å². The van der Waals surface area contributed by atoms with Crippen molar-refractivity contribution in [2.75, 3.05) is 33.4 Å². The average Bonchev–Trinajstić information content (AvgIpc) is 3.27. The number of aromatic nitrogens is 1. The van der Waals surface area contributed by atoms with E-state index >= 15 is 0 Å². The Morgan fingerprint density at radius 2 is 1.84 bits per heavy atom. The Hall–Kier alpha value is -1.92. The molecule has 0 atom stereocenters. The molecule has 1 aromatic heterocycles. The highest BCUT2D eigenvalue weighted by molar-refractivity contribution is 7.10. The number of nitrogens with zero attached hydrogens (tertiary/aromatic N) is 2. The Morgan fingerprint density at radius 3 is 2.53 bits per heavy atom. The summed E-state index contributed by atoms with van der Waals surface area (Å²) in [6, 6.07) is 7.00. The van der Waals surface area contributed by atoms with Gasteiger partial charge in [-0.15, -0.1) is 11.3 Å². The molecule has 1 aliphatic heterocycles. The minimum Gasteiger partial charge on any atom is -0.383 e. The lowest BCUT2D eigenvalue weighted by Gasteiger charge is -2.42. The van der Waals surface area contributed by atoms with Gasteiger partial charge in [0.2, 0.25) is 0 Å². The van der Waals surface area contributed by atoms with Gasteiger partial charge in [0.05, 0.1) is 17.3 Å². The number of fused-ring (bicyclic) bond motifs is 1. The molecule has 1 aromatic carbocycles. The molecule has 4 rings (SSSR count). The fraction of sp³-hybridized carbons (Fsp3) is 0.615. The normalized spacial score (nSPS) is 20.1. The highest BCUT2D eigenvalue weighted by Gasteiger charge is 2.37. The third-order valence-electron chi connectivity index (χ3n) is 7.38. The number of ether oxygens (including phenoxy) is 1. The van der Waals surface area contributed by atoms with Crippen molar-refractivity contribution >= 4 is 17.4 Å². The minimum atomic E-state index is 0.0138. The largest absolute Gasteiger partial charge is 0.383 e. The van der Waals surface area contributed by atoms with Crippen molar-refractivity contribution in [1.29, 1.82) is 0 Å². The number of amides is 2. The number of nitrogens with one attached hydrogen (secondary N) is 1. The maximum absolute atomic E-state index is 12.3. The molecule has 1 N–H and O–H groups in total. The lowest BCUT2D eigenvalue weighted by atomic mass is 9.63. The van der Waals surface area contributed by atoms with Gasteiger partial charge >= 0.3 is 6.03 Å². The summed E-state index contributed by atoms with van der Waals surface area (Å²) < 4.78 is 5.01. The van der Waals surface area contributed by atoms with E-state index in [1.54, 1.807) is 18.4 Å². The SMILES string of the molecule is COCCNC(=O)N1CCC(c2nc(-c3ccc4c(c3)C(C)(C)CCC4(C)C)cs2)CC1. The Morgan fingerprint density at radius 1 is 1.16 bits per heavy atom. The molecular formula is C26H37N3O2S. The number of carbonyl (C=O) groups excluding carboxylic acids is 1. The van der Waals surface area contributed by atoms with Crippen LogP contribution in [0.15, 0.2) is 23.6 Å². The predicted molar refractivity (Wildman–Crippen MR) is 132 cm³/mol. The van der Waals surface area contributed by atoms with E-state index in [9.17, 15) is 4.79 Å². The number of hydrogen-bond donors (Lipinski definition) is 1. The molecule has 2 amide bonds. The first kappa shape index (κ1) is 23.2. The first-order valence-electron chi connectivity index (χ1n) is 11.8. The third kappa shape index (κ3) is 4.72. The molecule has 2 aliphatic rings. The van der Waals surface area contributed by atoms with Gasteiger partial charge in [-0.05, 0) is 53.7 Å². The van der Waals surface area contributed by atoms with E-state index in [4.69, 9.17) is 9.72 Å². The van der Waals surface area contributed by atoms with Crippen LogP contribution < -0.4 is 5.32 Å². The smallest absolute Gasteiger partial charge is 0.317 e. The van der Waals surface area contributed by atoms with Crippen molar-refractivity contribution in [1.82, 2.24) is 15.2 Å². The topological polar surface area (TPSA) is 54.5 Å². The summed E-state index contributed by atoms with van der Waals surface area (Å²) in [4.78, 5) is 19.2. The van der Waals surface area contributed by atoms with E-state index in [0.717, 1.165) is 31.6 Å². The zero-order valence-corrected chi connectivity index (χ0v) is 21.0. The number of thiazole rings is 1. The Kier molecular flexibility index (Phi) is 6.64. The number of urea groups is 1. The number of methoxy groups -OCH3 is 1. The molecule has 32 heavy (non-hydrogen) atoms. The van der Waals surface area contributed by atoms with Crippen molar-refractivity contribution in [3.05, 3.63) is 39.7 Å². The number of rotatable bonds is 5. The van der Waals surface area contributed by atoms with Gasteiger partial charge in [0, 0.05) is 43.6 Å². The molecule has 0 unspecified atom stereocenters. The first-order valence-corrected chi connectivity index (χ1v) is 12.7. The summed E-state index contributed by atoms with van der Waals surface area (Å²) in [6.07, 6.45) is 4.39. The summed E-state index contributed by atoms with van der Waals surface area (Å²) in [5.74, 6) is 0.435. The summed E-state index contributed by atoms with van der Waals surface area (Å²) in [7, 11) is 1.64. The number of carbonyl (C=O) groups is 1. The van der Waals surface area contributed by atoms with Gasteiger partial charge < -0.3 is 15.0 Å². The maximum atomic E-state index is 12.3. The molecule has 0 saturated carbocycles. The minimum absolute atomic E-state index is 0.0138. The van der Waals surface area contributed by atoms with E-state index in [0.29, 0.717) is 19.1 Å². The second-order valence-electron chi connectivity index (χ2n) is 10.6. The van der Waals surface area contributed by atoms with Crippen LogP contribution in [0.25, 0.3) is 11.3 Å². The van der Waals surface area contributed by atoms with Gasteiger partial charge in [-0.3, -0.25) is 0 Å². The van der Waals surface area contributed by atoms with Gasteiger partial charge in [-0.1, -0.05) is 39.8 Å². The summed E-state index contributed by atoms with van der Waals surface area (Å²) >= 11 is 1.77. The van der Waals surface area contributed by atoms with E-state index in [1.807, 2.05) is 4.90 Å². The lowest BCUT2D eigenvalue weighted by molar-refractivity contribution is 0.169. The predicted octanol–water partition coefficient (Wildman–Crippen LogP) is 5.69. The fourth-order valence-corrected chi connectivity index (χ4v) is 6.06. The summed E-state index contributed by atoms with van der Waals surface area (Å²) in [5.41, 5.74) is 5.73. The first-order chi connectivity index (χ1) is 15.2. The maximum Gasteiger partial charge on any atom is 0.317 e. The van der Waals surface area contributed by atoms with Gasteiger partial charge in [0.1, 0.15) is 0 Å². The number of benzene rings is 1. The van der Waals surface area contributed by atoms with Crippen LogP contribution in [0.1, 0.15) is 75.4 Å². The van der Waals surface area contributed by atoms with Crippen molar-refractivity contribution in [3.8, 4) is 11.3 Å². The highest BCUT2D eigenvalue weighted by atomic mass is 32.1. The third-order valence-corrected chi connectivity index (χ3v) is 8.39. The quantitative estimate of drug-likeness (QED) is 0.589. The number of likely N-dealkylation sites (tertiary alicyclic amines) is 1. The van der Waals surface area contributed by atoms with Crippen LogP contribution in [0.2, 0.25) is 0 Å². The second-order valence-corrected chi connectivity index (χ2v) is 11.5. The van der Waals surface area contributed by atoms with Crippen molar-refractivity contribution in [2.24, 2.45) is 0 Å². The molecule has 5 nitrogen and oxygen atoms in total. The van der Waals surface area contributed by atoms with Crippen LogP contribution in [-0.4, -0.2) is 49.3 Å². The second kappa shape index (κ2) is 9.14. The molecule has 1 aliphatic carbocycles. The van der Waals surface area contributed by atoms with Crippen molar-refractivity contribution in [3.63, 3.8) is 0 Å². The Balaban J connectivity index is 1.45. The van der Waals surface area contributed by atoms with E-state index in [1.165, 1.54) is 34.5 Å². The van der Waals surface area contributed by atoms with Gasteiger partial charge in [0.15, 0.2) is 0 Å². The van der Waals surface area contributed by atoms with Crippen LogP contribution in [0.4, 0.5) is 4.79 Å². The molecule has 1 saturated heterocycles. The van der Waals surface area contributed by atoms with Crippen LogP contribution >= 0.6 is 11.3 Å². The van der Waals surface area contributed by atoms with E-state index in [2.05, 4.69) is 56.6 Å². The lowest BCUT2D eigenvalue weighted by Crippen LogP contribution is -2.44. The van der Waals surface area contributed by atoms with Crippen LogP contribution in [0.5, 0.6) is 0 Å². The molecule has 2 heterocycles. The Labute approximate surface area is 196 Å². The molecule has 0 spiro atoms. The van der Waals surface area contributed by atoms with Crippen LogP contribution in [0, 0.1) is 0 Å². The fourth-order valence-electron chi connectivity index (χ4n) is 5.06. The average molecular weight is 456 g/mol. The highest BCUT2D eigenvalue weighted by Crippen LogP contribution is 2.47. The van der Waals surface area contributed by atoms with Crippen molar-refractivity contribution < 1.29 is 9.53 Å². The van der Waals surface area contributed by atoms with Gasteiger partial charge in [0.25, 0.3) is 0 Å². The van der Waals surface area contributed by atoms with Gasteiger partial charge in [-0.2, -0.15) is 0 Å². The molecule has 2 aromatic rings. The van der Waals surface area contributed by atoms with Crippen LogP contribution in [0.3, 0.4) is 0 Å². The monoisotopic (exact) mass is 455 g/mol. The Bertz CT molecular complexity index is 958. The molecular weight excluding hydrogens is 418 g/mol. The summed E-state index contributed by atoms with van der Waals surface area (Å²) in [6.45, 7) is 12.1. The molecule has 0 bridgehead atoms. The summed E-state index contributed by atoms with van der Waals surface area (Å²) in [5, 5.41) is 6.34. The molecule has 6 heteroatoms. The number of hydrogen-bond acceptors (Lipinski definition) is 4. The van der Waals surface area contributed by atoms with Crippen LogP contribution in [-0.2, 0) is 15.6 Å². The molecule has 174 valence electrons.